The highest BCUT2D eigenvalue weighted by Crippen LogP contribution is 2.15. The Kier molecular flexibility index (Phi) is 3.25. The van der Waals surface area contributed by atoms with Crippen molar-refractivity contribution in [1.29, 1.82) is 0 Å². The molecular formula is C7H14N3O5+. The smallest absolute Gasteiger partial charge is 0.339 e. The molecule has 0 amide bonds. The molecule has 86 valence electrons. The summed E-state index contributed by atoms with van der Waals surface area (Å²) in [6.45, 7) is 0. The van der Waals surface area contributed by atoms with Crippen LogP contribution in [0.4, 0.5) is 0 Å². The van der Waals surface area contributed by atoms with E-state index in [0.29, 0.717) is 0 Å². The third-order valence-electron chi connectivity index (χ3n) is 2.30. The molecule has 5 atom stereocenters. The van der Waals surface area contributed by atoms with Crippen LogP contribution in [0.1, 0.15) is 0 Å². The highest BCUT2D eigenvalue weighted by molar-refractivity contribution is 5.89. The summed E-state index contributed by atoms with van der Waals surface area (Å²) < 4.78 is 0. The lowest BCUT2D eigenvalue weighted by Gasteiger charge is -2.34. The van der Waals surface area contributed by atoms with Crippen LogP contribution in [0.15, 0.2) is 0 Å². The summed E-state index contributed by atoms with van der Waals surface area (Å²) >= 11 is 0. The molecule has 8 heteroatoms. The van der Waals surface area contributed by atoms with Gasteiger partial charge >= 0.3 is 5.96 Å². The molecule has 0 spiro atoms. The number of rotatable bonds is 1. The first kappa shape index (κ1) is 11.9. The average molecular weight is 220 g/mol. The van der Waals surface area contributed by atoms with Crippen molar-refractivity contribution in [1.82, 2.24) is 0 Å². The molecule has 0 aliphatic heterocycles. The zero-order chi connectivity index (χ0) is 11.7. The van der Waals surface area contributed by atoms with E-state index in [-0.39, 0.29) is 5.96 Å². The molecule has 0 aromatic carbocycles. The fraction of sp³-hybridized carbons (Fsp3) is 0.714. The van der Waals surface area contributed by atoms with Crippen LogP contribution in [-0.4, -0.2) is 62.6 Å². The Hall–Kier alpha value is -1.22. The van der Waals surface area contributed by atoms with E-state index in [1.807, 2.05) is 0 Å². The van der Waals surface area contributed by atoms with Gasteiger partial charge in [-0.05, 0) is 0 Å². The molecule has 9 N–H and O–H groups in total. The molecule has 15 heavy (non-hydrogen) atoms. The molecule has 0 aromatic heterocycles. The minimum absolute atomic E-state index is 0.311. The second-order valence-electron chi connectivity index (χ2n) is 3.40. The van der Waals surface area contributed by atoms with E-state index in [1.165, 1.54) is 0 Å². The second-order valence-corrected chi connectivity index (χ2v) is 3.40. The van der Waals surface area contributed by atoms with Gasteiger partial charge in [0.2, 0.25) is 0 Å². The lowest BCUT2D eigenvalue weighted by Crippen LogP contribution is -2.92. The number of carbonyl (C=O) groups is 1. The van der Waals surface area contributed by atoms with Gasteiger partial charge in [0.05, 0.1) is 0 Å². The molecule has 0 radical (unpaired) electrons. The number of guanidine groups is 1. The van der Waals surface area contributed by atoms with E-state index >= 15 is 0 Å². The predicted molar refractivity (Wildman–Crippen MR) is 47.2 cm³/mol. The van der Waals surface area contributed by atoms with E-state index in [1.54, 1.807) is 0 Å². The molecule has 1 rings (SSSR count). The lowest BCUT2D eigenvalue weighted by molar-refractivity contribution is -0.534. The van der Waals surface area contributed by atoms with Crippen molar-refractivity contribution in [2.24, 2.45) is 11.5 Å². The maximum atomic E-state index is 11.2. The SMILES string of the molecule is NC(N)=[NH+][C@H]1[C@H](O)[C@@H](O)[C@H](O)C(=O)[C@@H]1O. The number of aliphatic hydroxyl groups excluding tert-OH is 4. The molecule has 1 aliphatic carbocycles. The van der Waals surface area contributed by atoms with Gasteiger partial charge < -0.3 is 20.4 Å². The standard InChI is InChI=1S/C7H13N3O5/c8-7(9)10-1-2(11)4(13)6(15)5(14)3(1)12/h1-4,6,11-13,15H,(H4,8,9,10)/p+1/t1-,2-,3+,4+,6-/m0/s1. The van der Waals surface area contributed by atoms with Crippen molar-refractivity contribution >= 4 is 11.7 Å². The van der Waals surface area contributed by atoms with Crippen LogP contribution in [0.2, 0.25) is 0 Å². The highest BCUT2D eigenvalue weighted by atomic mass is 16.4. The summed E-state index contributed by atoms with van der Waals surface area (Å²) in [5.74, 6) is -1.30. The molecule has 0 bridgehead atoms. The van der Waals surface area contributed by atoms with Gasteiger partial charge in [0, 0.05) is 0 Å². The Bertz CT molecular complexity index is 290. The fourth-order valence-electron chi connectivity index (χ4n) is 1.46. The van der Waals surface area contributed by atoms with E-state index in [9.17, 15) is 20.1 Å². The Morgan fingerprint density at radius 2 is 1.60 bits per heavy atom. The van der Waals surface area contributed by atoms with Crippen LogP contribution in [0.3, 0.4) is 0 Å². The number of carbonyl (C=O) groups excluding carboxylic acids is 1. The van der Waals surface area contributed by atoms with Crippen molar-refractivity contribution in [3.8, 4) is 0 Å². The van der Waals surface area contributed by atoms with Crippen molar-refractivity contribution < 1.29 is 30.2 Å². The Morgan fingerprint density at radius 1 is 1.07 bits per heavy atom. The van der Waals surface area contributed by atoms with E-state index in [0.717, 1.165) is 0 Å². The number of nitrogens with one attached hydrogen (secondary N) is 1. The minimum Gasteiger partial charge on any atom is -0.387 e. The monoisotopic (exact) mass is 220 g/mol. The Labute approximate surface area is 84.8 Å². The van der Waals surface area contributed by atoms with E-state index in [2.05, 4.69) is 4.99 Å². The quantitative estimate of drug-likeness (QED) is 0.170. The lowest BCUT2D eigenvalue weighted by atomic mass is 9.85. The number of ketones is 1. The molecule has 0 heterocycles. The third-order valence-corrected chi connectivity index (χ3v) is 2.30. The van der Waals surface area contributed by atoms with Gasteiger partial charge in [0.1, 0.15) is 24.4 Å². The maximum absolute atomic E-state index is 11.2. The van der Waals surface area contributed by atoms with Crippen LogP contribution in [0.5, 0.6) is 0 Å². The summed E-state index contributed by atoms with van der Waals surface area (Å²) in [6.07, 6.45) is -6.72. The van der Waals surface area contributed by atoms with Crippen molar-refractivity contribution in [2.45, 2.75) is 30.5 Å². The number of aliphatic hydroxyl groups is 4. The normalized spacial score (nSPS) is 41.3. The fourth-order valence-corrected chi connectivity index (χ4v) is 1.46. The average Bonchev–Trinajstić information content (AvgIpc) is 2.18. The first-order chi connectivity index (χ1) is 6.86. The van der Waals surface area contributed by atoms with Gasteiger partial charge in [-0.3, -0.25) is 21.3 Å². The highest BCUT2D eigenvalue weighted by Gasteiger charge is 2.48. The maximum Gasteiger partial charge on any atom is 0.339 e. The predicted octanol–water partition coefficient (Wildman–Crippen LogP) is -6.26. The molecule has 0 saturated heterocycles. The molecule has 1 fully saturated rings. The first-order valence-electron chi connectivity index (χ1n) is 4.26. The first-order valence-corrected chi connectivity index (χ1v) is 4.26. The number of nitrogens with two attached hydrogens (primary N) is 2. The van der Waals surface area contributed by atoms with E-state index < -0.39 is 36.2 Å². The van der Waals surface area contributed by atoms with Crippen LogP contribution < -0.4 is 16.5 Å². The molecule has 8 nitrogen and oxygen atoms in total. The topological polar surface area (TPSA) is 164 Å². The Morgan fingerprint density at radius 3 is 2.07 bits per heavy atom. The molecule has 0 aromatic rings. The summed E-state index contributed by atoms with van der Waals surface area (Å²) in [6, 6.07) is -1.24. The number of hydrogen-bond donors (Lipinski definition) is 7. The summed E-state index contributed by atoms with van der Waals surface area (Å²) in [5, 5.41) is 37.2. The van der Waals surface area contributed by atoms with Crippen LogP contribution in [0, 0.1) is 0 Å². The van der Waals surface area contributed by atoms with Crippen molar-refractivity contribution in [2.75, 3.05) is 0 Å². The Balaban J connectivity index is 2.97. The zero-order valence-corrected chi connectivity index (χ0v) is 7.74. The second kappa shape index (κ2) is 4.11. The van der Waals surface area contributed by atoms with Crippen molar-refractivity contribution in [3.63, 3.8) is 0 Å². The molecular weight excluding hydrogens is 206 g/mol. The van der Waals surface area contributed by atoms with Crippen molar-refractivity contribution in [3.05, 3.63) is 0 Å². The van der Waals surface area contributed by atoms with Gasteiger partial charge in [-0.25, -0.2) is 0 Å². The number of Topliss-reactive ketones (excluding diaryl/α,β-unsaturated/α-hetero) is 1. The van der Waals surface area contributed by atoms with Crippen LogP contribution >= 0.6 is 0 Å². The largest absolute Gasteiger partial charge is 0.387 e. The van der Waals surface area contributed by atoms with Gasteiger partial charge in [0.15, 0.2) is 11.9 Å². The van der Waals surface area contributed by atoms with E-state index in [4.69, 9.17) is 16.6 Å². The molecule has 1 aliphatic rings. The van der Waals surface area contributed by atoms with Gasteiger partial charge in [-0.1, -0.05) is 0 Å². The van der Waals surface area contributed by atoms with Gasteiger partial charge in [-0.2, -0.15) is 0 Å². The number of hydrogen-bond acceptors (Lipinski definition) is 5. The summed E-state index contributed by atoms with van der Waals surface area (Å²) in [7, 11) is 0. The molecule has 0 unspecified atom stereocenters. The van der Waals surface area contributed by atoms with Gasteiger partial charge in [0.25, 0.3) is 0 Å². The molecule has 1 saturated carbocycles. The third kappa shape index (κ3) is 2.07. The van der Waals surface area contributed by atoms with Gasteiger partial charge in [-0.15, -0.1) is 0 Å². The van der Waals surface area contributed by atoms with Crippen LogP contribution in [-0.2, 0) is 4.79 Å². The zero-order valence-electron chi connectivity index (χ0n) is 7.74. The summed E-state index contributed by atoms with van der Waals surface area (Å²) in [4.78, 5) is 13.4. The summed E-state index contributed by atoms with van der Waals surface area (Å²) in [5.41, 5.74) is 10.2. The minimum atomic E-state index is -1.81. The van der Waals surface area contributed by atoms with Crippen LogP contribution in [0.25, 0.3) is 0 Å².